The number of aromatic nitrogens is 2. The van der Waals surface area contributed by atoms with Gasteiger partial charge in [-0.1, -0.05) is 6.92 Å². The van der Waals surface area contributed by atoms with Crippen molar-refractivity contribution in [3.05, 3.63) is 47.8 Å². The minimum Gasteiger partial charge on any atom is -0.490 e. The van der Waals surface area contributed by atoms with Crippen LogP contribution in [0.15, 0.2) is 30.6 Å². The van der Waals surface area contributed by atoms with E-state index in [9.17, 15) is 8.78 Å². The van der Waals surface area contributed by atoms with Crippen LogP contribution >= 0.6 is 0 Å². The van der Waals surface area contributed by atoms with Crippen LogP contribution in [0.2, 0.25) is 0 Å². The fraction of sp³-hybridized carbons (Fsp3) is 0.500. The van der Waals surface area contributed by atoms with E-state index >= 15 is 0 Å². The Morgan fingerprint density at radius 3 is 2.96 bits per heavy atom. The first-order chi connectivity index (χ1) is 11.6. The summed E-state index contributed by atoms with van der Waals surface area (Å²) in [6.07, 6.45) is 5.00. The second-order valence-electron chi connectivity index (χ2n) is 6.79. The van der Waals surface area contributed by atoms with Gasteiger partial charge in [0.2, 0.25) is 0 Å². The first-order valence-electron chi connectivity index (χ1n) is 8.30. The standard InChI is InChI=1S/C18H20F2N2O2/c1-18-6-10-23-15(5-9-22-8-2-7-21-22)12(18)11-24-17-14(20)4-3-13(19)16(17)18/h2-4,7-8,12,15H,5-6,9-11H2,1H3/t12?,15-,18+/m0/s1. The van der Waals surface area contributed by atoms with E-state index < -0.39 is 17.0 Å². The van der Waals surface area contributed by atoms with Gasteiger partial charge in [-0.3, -0.25) is 4.68 Å². The van der Waals surface area contributed by atoms with Crippen molar-refractivity contribution in [1.29, 1.82) is 0 Å². The predicted octanol–water partition coefficient (Wildman–Crippen LogP) is 3.31. The van der Waals surface area contributed by atoms with Crippen LogP contribution in [-0.4, -0.2) is 29.1 Å². The van der Waals surface area contributed by atoms with E-state index in [-0.39, 0.29) is 17.8 Å². The topological polar surface area (TPSA) is 36.3 Å². The average molecular weight is 334 g/mol. The molecular formula is C18H20F2N2O2. The molecule has 1 aromatic heterocycles. The molecule has 0 aliphatic carbocycles. The molecule has 0 saturated carbocycles. The van der Waals surface area contributed by atoms with Crippen molar-refractivity contribution in [1.82, 2.24) is 9.78 Å². The summed E-state index contributed by atoms with van der Waals surface area (Å²) in [6.45, 7) is 3.60. The highest BCUT2D eigenvalue weighted by Crippen LogP contribution is 2.50. The predicted molar refractivity (Wildman–Crippen MR) is 83.9 cm³/mol. The first-order valence-corrected chi connectivity index (χ1v) is 8.30. The third-order valence-electron chi connectivity index (χ3n) is 5.46. The minimum absolute atomic E-state index is 0.00869. The Labute approximate surface area is 139 Å². The lowest BCUT2D eigenvalue weighted by molar-refractivity contribution is -0.0949. The number of nitrogens with zero attached hydrogens (tertiary/aromatic N) is 2. The number of halogens is 2. The molecule has 24 heavy (non-hydrogen) atoms. The number of benzene rings is 1. The maximum atomic E-state index is 14.5. The molecule has 128 valence electrons. The van der Waals surface area contributed by atoms with Gasteiger partial charge in [0.15, 0.2) is 11.6 Å². The number of hydrogen-bond acceptors (Lipinski definition) is 3. The summed E-state index contributed by atoms with van der Waals surface area (Å²) in [4.78, 5) is 0. The zero-order valence-electron chi connectivity index (χ0n) is 13.5. The molecule has 3 heterocycles. The lowest BCUT2D eigenvalue weighted by Crippen LogP contribution is -2.52. The Morgan fingerprint density at radius 1 is 1.33 bits per heavy atom. The molecule has 6 heteroatoms. The van der Waals surface area contributed by atoms with Crippen molar-refractivity contribution < 1.29 is 18.3 Å². The number of aryl methyl sites for hydroxylation is 1. The highest BCUT2D eigenvalue weighted by atomic mass is 19.1. The molecule has 0 bridgehead atoms. The lowest BCUT2D eigenvalue weighted by Gasteiger charge is -2.49. The monoisotopic (exact) mass is 334 g/mol. The van der Waals surface area contributed by atoms with Crippen LogP contribution < -0.4 is 4.74 Å². The summed E-state index contributed by atoms with van der Waals surface area (Å²) in [7, 11) is 0. The van der Waals surface area contributed by atoms with E-state index in [1.165, 1.54) is 6.07 Å². The van der Waals surface area contributed by atoms with Crippen LogP contribution in [0.1, 0.15) is 25.3 Å². The first kappa shape index (κ1) is 15.6. The Balaban J connectivity index is 1.63. The van der Waals surface area contributed by atoms with Gasteiger partial charge in [-0.15, -0.1) is 0 Å². The molecule has 0 amide bonds. The van der Waals surface area contributed by atoms with Crippen LogP contribution in [0.5, 0.6) is 5.75 Å². The lowest BCUT2D eigenvalue weighted by atomic mass is 9.64. The van der Waals surface area contributed by atoms with Crippen molar-refractivity contribution in [3.8, 4) is 5.75 Å². The van der Waals surface area contributed by atoms with Gasteiger partial charge in [0.1, 0.15) is 5.82 Å². The molecule has 1 saturated heterocycles. The Kier molecular flexibility index (Phi) is 3.79. The number of rotatable bonds is 3. The SMILES string of the molecule is C[C@@]12CCO[C@@H](CCn3cccn3)C1COc1c(F)ccc(F)c12. The summed E-state index contributed by atoms with van der Waals surface area (Å²) in [5.74, 6) is -0.830. The number of fused-ring (bicyclic) bond motifs is 3. The van der Waals surface area contributed by atoms with E-state index in [0.29, 0.717) is 25.2 Å². The smallest absolute Gasteiger partial charge is 0.165 e. The molecule has 2 aliphatic rings. The summed E-state index contributed by atoms with van der Waals surface area (Å²) >= 11 is 0. The molecule has 1 unspecified atom stereocenters. The quantitative estimate of drug-likeness (QED) is 0.864. The number of hydrogen-bond donors (Lipinski definition) is 0. The van der Waals surface area contributed by atoms with Crippen LogP contribution in [0.4, 0.5) is 8.78 Å². The van der Waals surface area contributed by atoms with E-state index in [1.54, 1.807) is 6.20 Å². The summed E-state index contributed by atoms with van der Waals surface area (Å²) in [5.41, 5.74) is -0.113. The highest BCUT2D eigenvalue weighted by Gasteiger charge is 2.50. The van der Waals surface area contributed by atoms with Gasteiger partial charge >= 0.3 is 0 Å². The molecule has 1 aromatic carbocycles. The second kappa shape index (κ2) is 5.84. The van der Waals surface area contributed by atoms with Gasteiger partial charge in [0.25, 0.3) is 0 Å². The summed E-state index contributed by atoms with van der Waals surface area (Å²) < 4.78 is 42.0. The van der Waals surface area contributed by atoms with Crippen LogP contribution in [0, 0.1) is 17.6 Å². The Morgan fingerprint density at radius 2 is 2.17 bits per heavy atom. The molecule has 0 radical (unpaired) electrons. The van der Waals surface area contributed by atoms with Crippen molar-refractivity contribution in [3.63, 3.8) is 0 Å². The van der Waals surface area contributed by atoms with Crippen molar-refractivity contribution in [2.24, 2.45) is 5.92 Å². The second-order valence-corrected chi connectivity index (χ2v) is 6.79. The summed E-state index contributed by atoms with van der Waals surface area (Å²) in [6, 6.07) is 4.20. The third kappa shape index (κ3) is 2.40. The van der Waals surface area contributed by atoms with Gasteiger partial charge in [-0.2, -0.15) is 5.10 Å². The minimum atomic E-state index is -0.495. The maximum Gasteiger partial charge on any atom is 0.165 e. The zero-order valence-corrected chi connectivity index (χ0v) is 13.5. The van der Waals surface area contributed by atoms with Gasteiger partial charge in [0.05, 0.1) is 12.7 Å². The highest BCUT2D eigenvalue weighted by molar-refractivity contribution is 5.44. The molecular weight excluding hydrogens is 314 g/mol. The largest absolute Gasteiger partial charge is 0.490 e. The molecule has 2 aromatic rings. The third-order valence-corrected chi connectivity index (χ3v) is 5.46. The van der Waals surface area contributed by atoms with Crippen molar-refractivity contribution >= 4 is 0 Å². The zero-order chi connectivity index (χ0) is 16.7. The Hall–Kier alpha value is -1.95. The van der Waals surface area contributed by atoms with E-state index in [0.717, 1.165) is 19.0 Å². The van der Waals surface area contributed by atoms with Crippen LogP contribution in [-0.2, 0) is 16.7 Å². The molecule has 0 spiro atoms. The maximum absolute atomic E-state index is 14.5. The molecule has 1 fully saturated rings. The van der Waals surface area contributed by atoms with Gasteiger partial charge < -0.3 is 9.47 Å². The molecule has 2 aliphatic heterocycles. The number of ether oxygens (including phenoxy) is 2. The molecule has 4 rings (SSSR count). The average Bonchev–Trinajstić information content (AvgIpc) is 3.08. The Bertz CT molecular complexity index is 735. The van der Waals surface area contributed by atoms with Crippen molar-refractivity contribution in [2.45, 2.75) is 37.8 Å². The summed E-state index contributed by atoms with van der Waals surface area (Å²) in [5, 5.41) is 4.20. The van der Waals surface area contributed by atoms with E-state index in [2.05, 4.69) is 5.10 Å². The molecule has 3 atom stereocenters. The van der Waals surface area contributed by atoms with Crippen LogP contribution in [0.3, 0.4) is 0 Å². The van der Waals surface area contributed by atoms with Crippen molar-refractivity contribution in [2.75, 3.05) is 13.2 Å². The van der Waals surface area contributed by atoms with Gasteiger partial charge in [-0.25, -0.2) is 8.78 Å². The molecule has 4 nitrogen and oxygen atoms in total. The fourth-order valence-electron chi connectivity index (χ4n) is 4.09. The van der Waals surface area contributed by atoms with Gasteiger partial charge in [-0.05, 0) is 31.0 Å². The van der Waals surface area contributed by atoms with E-state index in [1.807, 2.05) is 23.9 Å². The fourth-order valence-corrected chi connectivity index (χ4v) is 4.09. The normalized spacial score (nSPS) is 28.8. The molecule has 0 N–H and O–H groups in total. The van der Waals surface area contributed by atoms with Gasteiger partial charge in [0, 0.05) is 42.4 Å². The van der Waals surface area contributed by atoms with E-state index in [4.69, 9.17) is 9.47 Å². The van der Waals surface area contributed by atoms with Crippen LogP contribution in [0.25, 0.3) is 0 Å².